The van der Waals surface area contributed by atoms with Gasteiger partial charge in [-0.1, -0.05) is 12.1 Å². The van der Waals surface area contributed by atoms with E-state index in [9.17, 15) is 22.8 Å². The van der Waals surface area contributed by atoms with Crippen LogP contribution in [0.15, 0.2) is 54.6 Å². The van der Waals surface area contributed by atoms with Crippen molar-refractivity contribution < 1.29 is 27.5 Å². The molecule has 0 N–H and O–H groups in total. The average Bonchev–Trinajstić information content (AvgIpc) is 2.96. The Morgan fingerprint density at radius 3 is 2.07 bits per heavy atom. The van der Waals surface area contributed by atoms with Gasteiger partial charge in [-0.2, -0.15) is 13.2 Å². The summed E-state index contributed by atoms with van der Waals surface area (Å²) in [4.78, 5) is 38.2. The summed E-state index contributed by atoms with van der Waals surface area (Å²) < 4.78 is 43.9. The number of ether oxygens (including phenoxy) is 1. The van der Waals surface area contributed by atoms with Crippen LogP contribution in [-0.4, -0.2) is 89.6 Å². The van der Waals surface area contributed by atoms with Crippen LogP contribution >= 0.6 is 0 Å². The Balaban J connectivity index is 1.15. The Kier molecular flexibility index (Phi) is 8.32. The van der Waals surface area contributed by atoms with Gasteiger partial charge in [-0.05, 0) is 68.8 Å². The standard InChI is InChI=1S/C31H36F3N5O3/c1-30(2,3)42-29(41)39-18-16-37(17-19-39)27-11-7-23-20-24(6-10-26(23)35-27)28(40)38-14-12-36(13-15-38)21-22-4-8-25(9-5-22)31(32,33)34/h4-11,20H,12-19,21H2,1-3H3. The Bertz CT molecular complexity index is 1420. The first-order valence-corrected chi connectivity index (χ1v) is 14.2. The van der Waals surface area contributed by atoms with Crippen molar-refractivity contribution in [2.75, 3.05) is 57.3 Å². The number of benzene rings is 2. The third-order valence-corrected chi connectivity index (χ3v) is 7.52. The number of rotatable bonds is 4. The van der Waals surface area contributed by atoms with Crippen molar-refractivity contribution in [3.63, 3.8) is 0 Å². The maximum Gasteiger partial charge on any atom is 0.416 e. The van der Waals surface area contributed by atoms with Crippen LogP contribution < -0.4 is 4.90 Å². The molecule has 42 heavy (non-hydrogen) atoms. The van der Waals surface area contributed by atoms with Crippen LogP contribution in [0.4, 0.5) is 23.8 Å². The van der Waals surface area contributed by atoms with Gasteiger partial charge in [0, 0.05) is 69.9 Å². The molecule has 0 spiro atoms. The molecule has 2 aromatic carbocycles. The number of anilines is 1. The van der Waals surface area contributed by atoms with Gasteiger partial charge in [-0.15, -0.1) is 0 Å². The molecule has 5 rings (SSSR count). The normalized spacial score (nSPS) is 17.0. The maximum atomic E-state index is 13.3. The predicted molar refractivity (Wildman–Crippen MR) is 154 cm³/mol. The molecule has 8 nitrogen and oxygen atoms in total. The van der Waals surface area contributed by atoms with Gasteiger partial charge >= 0.3 is 12.3 Å². The fraction of sp³-hybridized carbons (Fsp3) is 0.452. The zero-order chi connectivity index (χ0) is 30.1. The number of hydrogen-bond donors (Lipinski definition) is 0. The van der Waals surface area contributed by atoms with Gasteiger partial charge in [0.05, 0.1) is 11.1 Å². The van der Waals surface area contributed by atoms with Crippen molar-refractivity contribution in [3.05, 3.63) is 71.3 Å². The lowest BCUT2D eigenvalue weighted by molar-refractivity contribution is -0.137. The van der Waals surface area contributed by atoms with E-state index < -0.39 is 17.3 Å². The summed E-state index contributed by atoms with van der Waals surface area (Å²) in [5.74, 6) is 0.781. The van der Waals surface area contributed by atoms with Crippen molar-refractivity contribution in [1.82, 2.24) is 19.7 Å². The second-order valence-corrected chi connectivity index (χ2v) is 11.8. The van der Waals surface area contributed by atoms with Gasteiger partial charge < -0.3 is 19.4 Å². The Morgan fingerprint density at radius 2 is 1.45 bits per heavy atom. The fourth-order valence-corrected chi connectivity index (χ4v) is 5.22. The zero-order valence-corrected chi connectivity index (χ0v) is 24.2. The first-order chi connectivity index (χ1) is 19.9. The minimum absolute atomic E-state index is 0.0478. The topological polar surface area (TPSA) is 69.2 Å². The van der Waals surface area contributed by atoms with Crippen LogP contribution in [0.5, 0.6) is 0 Å². The van der Waals surface area contributed by atoms with Gasteiger partial charge in [0.1, 0.15) is 11.4 Å². The van der Waals surface area contributed by atoms with Crippen LogP contribution in [0.3, 0.4) is 0 Å². The van der Waals surface area contributed by atoms with Gasteiger partial charge in [0.15, 0.2) is 0 Å². The number of amides is 2. The molecule has 0 atom stereocenters. The highest BCUT2D eigenvalue weighted by molar-refractivity contribution is 5.98. The molecular weight excluding hydrogens is 547 g/mol. The van der Waals surface area contributed by atoms with Crippen LogP contribution in [0, 0.1) is 0 Å². The molecule has 0 radical (unpaired) electrons. The summed E-state index contributed by atoms with van der Waals surface area (Å²) in [5.41, 5.74) is 1.02. The third kappa shape index (κ3) is 7.13. The highest BCUT2D eigenvalue weighted by atomic mass is 19.4. The molecular formula is C31H36F3N5O3. The molecule has 2 amide bonds. The number of pyridine rings is 1. The molecule has 3 aromatic rings. The number of carbonyl (C=O) groups excluding carboxylic acids is 2. The summed E-state index contributed by atoms with van der Waals surface area (Å²) in [6, 6.07) is 14.7. The van der Waals surface area contributed by atoms with Crippen molar-refractivity contribution in [1.29, 1.82) is 0 Å². The number of fused-ring (bicyclic) bond motifs is 1. The smallest absolute Gasteiger partial charge is 0.416 e. The lowest BCUT2D eigenvalue weighted by Crippen LogP contribution is -2.50. The van der Waals surface area contributed by atoms with Crippen LogP contribution in [0.2, 0.25) is 0 Å². The van der Waals surface area contributed by atoms with E-state index in [1.54, 1.807) is 11.0 Å². The van der Waals surface area contributed by atoms with E-state index >= 15 is 0 Å². The molecule has 11 heteroatoms. The molecule has 0 unspecified atom stereocenters. The zero-order valence-electron chi connectivity index (χ0n) is 24.2. The number of carbonyl (C=O) groups is 2. The summed E-state index contributed by atoms with van der Waals surface area (Å²) >= 11 is 0. The summed E-state index contributed by atoms with van der Waals surface area (Å²) in [5, 5.41) is 0.873. The Morgan fingerprint density at radius 1 is 0.810 bits per heavy atom. The Hall–Kier alpha value is -3.86. The predicted octanol–water partition coefficient (Wildman–Crippen LogP) is 5.27. The molecule has 2 aliphatic rings. The maximum absolute atomic E-state index is 13.3. The van der Waals surface area contributed by atoms with Crippen molar-refractivity contribution >= 4 is 28.7 Å². The first-order valence-electron chi connectivity index (χ1n) is 14.2. The third-order valence-electron chi connectivity index (χ3n) is 7.52. The number of halogens is 3. The summed E-state index contributed by atoms with van der Waals surface area (Å²) in [6.45, 7) is 10.9. The second kappa shape index (κ2) is 11.8. The summed E-state index contributed by atoms with van der Waals surface area (Å²) in [6.07, 6.45) is -4.64. The van der Waals surface area contributed by atoms with Crippen LogP contribution in [0.1, 0.15) is 42.3 Å². The number of piperazine rings is 2. The lowest BCUT2D eigenvalue weighted by Gasteiger charge is -2.36. The molecule has 0 bridgehead atoms. The van der Waals surface area contributed by atoms with E-state index in [-0.39, 0.29) is 12.0 Å². The number of alkyl halides is 3. The van der Waals surface area contributed by atoms with Crippen molar-refractivity contribution in [2.45, 2.75) is 39.1 Å². The minimum atomic E-state index is -4.34. The Labute approximate surface area is 243 Å². The average molecular weight is 584 g/mol. The molecule has 0 saturated carbocycles. The van der Waals surface area contributed by atoms with Crippen LogP contribution in [-0.2, 0) is 17.5 Å². The lowest BCUT2D eigenvalue weighted by atomic mass is 10.1. The van der Waals surface area contributed by atoms with Gasteiger partial charge in [-0.3, -0.25) is 9.69 Å². The van der Waals surface area contributed by atoms with E-state index in [2.05, 4.69) is 9.80 Å². The number of nitrogens with zero attached hydrogens (tertiary/aromatic N) is 5. The molecule has 0 aliphatic carbocycles. The fourth-order valence-electron chi connectivity index (χ4n) is 5.22. The van der Waals surface area contributed by atoms with E-state index in [1.807, 2.05) is 49.9 Å². The summed E-state index contributed by atoms with van der Waals surface area (Å²) in [7, 11) is 0. The number of hydrogen-bond acceptors (Lipinski definition) is 6. The second-order valence-electron chi connectivity index (χ2n) is 11.8. The monoisotopic (exact) mass is 583 g/mol. The van der Waals surface area contributed by atoms with Crippen molar-refractivity contribution in [3.8, 4) is 0 Å². The van der Waals surface area contributed by atoms with Gasteiger partial charge in [-0.25, -0.2) is 9.78 Å². The van der Waals surface area contributed by atoms with Gasteiger partial charge in [0.25, 0.3) is 5.91 Å². The highest BCUT2D eigenvalue weighted by Gasteiger charge is 2.30. The molecule has 2 fully saturated rings. The first kappa shape index (κ1) is 29.6. The van der Waals surface area contributed by atoms with E-state index in [1.165, 1.54) is 12.1 Å². The van der Waals surface area contributed by atoms with E-state index in [0.717, 1.165) is 34.4 Å². The molecule has 1 aromatic heterocycles. The molecule has 2 aliphatic heterocycles. The quantitative estimate of drug-likeness (QED) is 0.417. The SMILES string of the molecule is CC(C)(C)OC(=O)N1CCN(c2ccc3cc(C(=O)N4CCN(Cc5ccc(C(F)(F)F)cc5)CC4)ccc3n2)CC1. The number of aromatic nitrogens is 1. The van der Waals surface area contributed by atoms with Gasteiger partial charge in [0.2, 0.25) is 0 Å². The molecule has 224 valence electrons. The molecule has 2 saturated heterocycles. The largest absolute Gasteiger partial charge is 0.444 e. The minimum Gasteiger partial charge on any atom is -0.444 e. The van der Waals surface area contributed by atoms with E-state index in [0.29, 0.717) is 64.5 Å². The highest BCUT2D eigenvalue weighted by Crippen LogP contribution is 2.29. The van der Waals surface area contributed by atoms with Crippen molar-refractivity contribution in [2.24, 2.45) is 0 Å². The van der Waals surface area contributed by atoms with Crippen LogP contribution in [0.25, 0.3) is 10.9 Å². The molecule has 3 heterocycles. The van der Waals surface area contributed by atoms with E-state index in [4.69, 9.17) is 9.72 Å².